The summed E-state index contributed by atoms with van der Waals surface area (Å²) in [5, 5.41) is 14.3. The van der Waals surface area contributed by atoms with E-state index in [4.69, 9.17) is 21.4 Å². The van der Waals surface area contributed by atoms with Gasteiger partial charge in [-0.05, 0) is 18.9 Å². The zero-order valence-electron chi connectivity index (χ0n) is 10.9. The van der Waals surface area contributed by atoms with Gasteiger partial charge in [0.1, 0.15) is 0 Å². The highest BCUT2D eigenvalue weighted by molar-refractivity contribution is 7.10. The number of thiophene rings is 1. The Balaban J connectivity index is 1.87. The van der Waals surface area contributed by atoms with Crippen LogP contribution in [0.2, 0.25) is 5.02 Å². The average Bonchev–Trinajstić information content (AvgIpc) is 2.95. The number of ether oxygens (including phenoxy) is 1. The Morgan fingerprint density at radius 2 is 2.35 bits per heavy atom. The molecule has 0 saturated carbocycles. The normalized spacial score (nSPS) is 21.9. The van der Waals surface area contributed by atoms with Crippen LogP contribution in [0.15, 0.2) is 11.4 Å². The standard InChI is InChI=1S/C13H16ClNO4S/c14-9-5-10(20-7-9)1-2-11(16)15-13(6-12(17)18)3-4-19-8-13/h5,7H,1-4,6,8H2,(H,15,16)(H,17,18). The van der Waals surface area contributed by atoms with Crippen molar-refractivity contribution in [2.24, 2.45) is 0 Å². The van der Waals surface area contributed by atoms with Crippen molar-refractivity contribution >= 4 is 34.8 Å². The molecule has 2 heterocycles. The van der Waals surface area contributed by atoms with Gasteiger partial charge in [0.05, 0.1) is 23.6 Å². The maximum atomic E-state index is 12.0. The van der Waals surface area contributed by atoms with Crippen molar-refractivity contribution in [2.45, 2.75) is 31.2 Å². The molecule has 7 heteroatoms. The van der Waals surface area contributed by atoms with Crippen molar-refractivity contribution in [3.63, 3.8) is 0 Å². The fourth-order valence-corrected chi connectivity index (χ4v) is 3.34. The van der Waals surface area contributed by atoms with Crippen molar-refractivity contribution < 1.29 is 19.4 Å². The van der Waals surface area contributed by atoms with E-state index in [-0.39, 0.29) is 18.9 Å². The number of aryl methyl sites for hydroxylation is 1. The Bertz CT molecular complexity index is 496. The summed E-state index contributed by atoms with van der Waals surface area (Å²) >= 11 is 7.33. The molecule has 0 bridgehead atoms. The molecule has 20 heavy (non-hydrogen) atoms. The molecule has 1 unspecified atom stereocenters. The van der Waals surface area contributed by atoms with Gasteiger partial charge in [-0.2, -0.15) is 0 Å². The number of rotatable bonds is 6. The number of carbonyl (C=O) groups excluding carboxylic acids is 1. The molecule has 0 aromatic carbocycles. The summed E-state index contributed by atoms with van der Waals surface area (Å²) in [6.07, 6.45) is 1.35. The maximum absolute atomic E-state index is 12.0. The first-order chi connectivity index (χ1) is 9.49. The number of hydrogen-bond donors (Lipinski definition) is 2. The predicted molar refractivity (Wildman–Crippen MR) is 76.2 cm³/mol. The molecule has 1 saturated heterocycles. The highest BCUT2D eigenvalue weighted by atomic mass is 35.5. The third-order valence-corrected chi connectivity index (χ3v) is 4.56. The maximum Gasteiger partial charge on any atom is 0.305 e. The second kappa shape index (κ2) is 6.56. The molecule has 110 valence electrons. The molecule has 2 N–H and O–H groups in total. The summed E-state index contributed by atoms with van der Waals surface area (Å²) < 4.78 is 5.23. The molecule has 1 aromatic heterocycles. The van der Waals surface area contributed by atoms with E-state index in [9.17, 15) is 9.59 Å². The molecule has 5 nitrogen and oxygen atoms in total. The molecule has 0 spiro atoms. The topological polar surface area (TPSA) is 75.6 Å². The van der Waals surface area contributed by atoms with Gasteiger partial charge in [-0.15, -0.1) is 11.3 Å². The number of aliphatic carboxylic acids is 1. The van der Waals surface area contributed by atoms with Crippen LogP contribution in [0.4, 0.5) is 0 Å². The summed E-state index contributed by atoms with van der Waals surface area (Å²) in [5.74, 6) is -1.08. The lowest BCUT2D eigenvalue weighted by Crippen LogP contribution is -2.50. The molecule has 1 amide bonds. The lowest BCUT2D eigenvalue weighted by atomic mass is 9.94. The number of amides is 1. The Hall–Kier alpha value is -1.11. The van der Waals surface area contributed by atoms with Crippen LogP contribution >= 0.6 is 22.9 Å². The van der Waals surface area contributed by atoms with Gasteiger partial charge < -0.3 is 15.2 Å². The van der Waals surface area contributed by atoms with E-state index < -0.39 is 11.5 Å². The number of carboxylic acid groups (broad SMARTS) is 1. The van der Waals surface area contributed by atoms with Crippen LogP contribution in [0.3, 0.4) is 0 Å². The summed E-state index contributed by atoms with van der Waals surface area (Å²) in [6.45, 7) is 0.740. The fourth-order valence-electron chi connectivity index (χ4n) is 2.26. The van der Waals surface area contributed by atoms with E-state index in [2.05, 4.69) is 5.32 Å². The van der Waals surface area contributed by atoms with Crippen molar-refractivity contribution in [1.82, 2.24) is 5.32 Å². The Kier molecular flexibility index (Phi) is 5.01. The van der Waals surface area contributed by atoms with E-state index in [0.29, 0.717) is 30.9 Å². The number of nitrogens with one attached hydrogen (secondary N) is 1. The van der Waals surface area contributed by atoms with Crippen LogP contribution in [0, 0.1) is 0 Å². The molecule has 2 rings (SSSR count). The van der Waals surface area contributed by atoms with Gasteiger partial charge in [0, 0.05) is 23.3 Å². The third kappa shape index (κ3) is 4.19. The minimum atomic E-state index is -0.930. The minimum absolute atomic E-state index is 0.108. The number of hydrogen-bond acceptors (Lipinski definition) is 4. The highest BCUT2D eigenvalue weighted by Crippen LogP contribution is 2.24. The molecular formula is C13H16ClNO4S. The summed E-state index contributed by atoms with van der Waals surface area (Å²) in [4.78, 5) is 23.9. The molecule has 1 atom stereocenters. The molecule has 1 fully saturated rings. The lowest BCUT2D eigenvalue weighted by molar-refractivity contribution is -0.139. The van der Waals surface area contributed by atoms with Crippen molar-refractivity contribution in [3.8, 4) is 0 Å². The Morgan fingerprint density at radius 1 is 1.55 bits per heavy atom. The molecular weight excluding hydrogens is 302 g/mol. The summed E-state index contributed by atoms with van der Waals surface area (Å²) in [5.41, 5.74) is -0.754. The summed E-state index contributed by atoms with van der Waals surface area (Å²) in [7, 11) is 0. The van der Waals surface area contributed by atoms with Crippen LogP contribution in [-0.2, 0) is 20.7 Å². The van der Waals surface area contributed by atoms with E-state index >= 15 is 0 Å². The van der Waals surface area contributed by atoms with Crippen LogP contribution in [-0.4, -0.2) is 35.7 Å². The van der Waals surface area contributed by atoms with E-state index in [0.717, 1.165) is 4.88 Å². The SMILES string of the molecule is O=C(O)CC1(NC(=O)CCc2cc(Cl)cs2)CCOC1. The van der Waals surface area contributed by atoms with Gasteiger partial charge in [-0.25, -0.2) is 0 Å². The van der Waals surface area contributed by atoms with Crippen LogP contribution in [0.5, 0.6) is 0 Å². The van der Waals surface area contributed by atoms with Crippen LogP contribution in [0.1, 0.15) is 24.1 Å². The first-order valence-electron chi connectivity index (χ1n) is 6.33. The molecule has 1 aliphatic heterocycles. The Morgan fingerprint density at radius 3 is 2.90 bits per heavy atom. The zero-order chi connectivity index (χ0) is 14.6. The van der Waals surface area contributed by atoms with E-state index in [1.54, 1.807) is 0 Å². The quantitative estimate of drug-likeness (QED) is 0.842. The molecule has 0 aliphatic carbocycles. The first kappa shape index (κ1) is 15.3. The van der Waals surface area contributed by atoms with Gasteiger partial charge in [-0.3, -0.25) is 9.59 Å². The number of carboxylic acids is 1. The molecule has 1 aromatic rings. The molecule has 1 aliphatic rings. The second-order valence-electron chi connectivity index (χ2n) is 4.93. The number of halogens is 1. The average molecular weight is 318 g/mol. The highest BCUT2D eigenvalue weighted by Gasteiger charge is 2.38. The van der Waals surface area contributed by atoms with Crippen LogP contribution in [0.25, 0.3) is 0 Å². The largest absolute Gasteiger partial charge is 0.481 e. The van der Waals surface area contributed by atoms with Crippen molar-refractivity contribution in [3.05, 3.63) is 21.3 Å². The smallest absolute Gasteiger partial charge is 0.305 e. The first-order valence-corrected chi connectivity index (χ1v) is 7.58. The fraction of sp³-hybridized carbons (Fsp3) is 0.538. The molecule has 0 radical (unpaired) electrons. The van der Waals surface area contributed by atoms with Crippen molar-refractivity contribution in [1.29, 1.82) is 0 Å². The van der Waals surface area contributed by atoms with Crippen LogP contribution < -0.4 is 5.32 Å². The number of carbonyl (C=O) groups is 2. The van der Waals surface area contributed by atoms with E-state index in [1.165, 1.54) is 11.3 Å². The van der Waals surface area contributed by atoms with Gasteiger partial charge in [0.15, 0.2) is 0 Å². The van der Waals surface area contributed by atoms with Gasteiger partial charge in [0.25, 0.3) is 0 Å². The third-order valence-electron chi connectivity index (χ3n) is 3.22. The monoisotopic (exact) mass is 317 g/mol. The van der Waals surface area contributed by atoms with Crippen molar-refractivity contribution in [2.75, 3.05) is 13.2 Å². The lowest BCUT2D eigenvalue weighted by Gasteiger charge is -2.26. The second-order valence-corrected chi connectivity index (χ2v) is 6.37. The zero-order valence-corrected chi connectivity index (χ0v) is 12.4. The predicted octanol–water partition coefficient (Wildman–Crippen LogP) is 2.08. The van der Waals surface area contributed by atoms with Gasteiger partial charge in [-0.1, -0.05) is 11.6 Å². The summed E-state index contributed by atoms with van der Waals surface area (Å²) in [6, 6.07) is 1.84. The van der Waals surface area contributed by atoms with E-state index in [1.807, 2.05) is 11.4 Å². The minimum Gasteiger partial charge on any atom is -0.481 e. The Labute approximate surface area is 125 Å². The van der Waals surface area contributed by atoms with Gasteiger partial charge in [0.2, 0.25) is 5.91 Å². The van der Waals surface area contributed by atoms with Gasteiger partial charge >= 0.3 is 5.97 Å².